The Morgan fingerprint density at radius 2 is 1.86 bits per heavy atom. The van der Waals surface area contributed by atoms with Crippen LogP contribution >= 0.6 is 11.3 Å². The van der Waals surface area contributed by atoms with Crippen LogP contribution in [0.3, 0.4) is 0 Å². The predicted molar refractivity (Wildman–Crippen MR) is 115 cm³/mol. The van der Waals surface area contributed by atoms with Crippen LogP contribution in [0.5, 0.6) is 11.5 Å². The maximum absolute atomic E-state index is 12.3. The van der Waals surface area contributed by atoms with Gasteiger partial charge >= 0.3 is 0 Å². The lowest BCUT2D eigenvalue weighted by molar-refractivity contribution is -0.116. The number of ether oxygens (including phenoxy) is 2. The zero-order valence-electron chi connectivity index (χ0n) is 15.6. The Morgan fingerprint density at radius 1 is 1.00 bits per heavy atom. The highest BCUT2D eigenvalue weighted by Crippen LogP contribution is 2.33. The fourth-order valence-electron chi connectivity index (χ4n) is 3.35. The lowest BCUT2D eigenvalue weighted by atomic mass is 10.1. The van der Waals surface area contributed by atoms with Crippen molar-refractivity contribution >= 4 is 33.1 Å². The van der Waals surface area contributed by atoms with Gasteiger partial charge in [0.2, 0.25) is 12.7 Å². The van der Waals surface area contributed by atoms with Crippen molar-refractivity contribution in [2.24, 2.45) is 0 Å². The van der Waals surface area contributed by atoms with Crippen molar-refractivity contribution in [3.05, 3.63) is 71.6 Å². The molecule has 0 bridgehead atoms. The first-order valence-corrected chi connectivity index (χ1v) is 10.3. The summed E-state index contributed by atoms with van der Waals surface area (Å²) >= 11 is 1.44. The Balaban J connectivity index is 1.23. The van der Waals surface area contributed by atoms with Crippen LogP contribution in [-0.4, -0.2) is 17.7 Å². The van der Waals surface area contributed by atoms with Crippen molar-refractivity contribution in [3.63, 3.8) is 0 Å². The molecule has 4 aromatic rings. The van der Waals surface area contributed by atoms with Gasteiger partial charge in [-0.25, -0.2) is 4.98 Å². The molecule has 0 aliphatic carbocycles. The molecule has 5 rings (SSSR count). The van der Waals surface area contributed by atoms with Gasteiger partial charge in [0, 0.05) is 17.4 Å². The number of fused-ring (bicyclic) bond motifs is 2. The van der Waals surface area contributed by atoms with E-state index in [1.165, 1.54) is 22.1 Å². The minimum Gasteiger partial charge on any atom is -0.454 e. The van der Waals surface area contributed by atoms with Gasteiger partial charge in [-0.15, -0.1) is 11.3 Å². The minimum absolute atomic E-state index is 0.0536. The molecule has 0 unspecified atom stereocenters. The van der Waals surface area contributed by atoms with Crippen LogP contribution in [0.25, 0.3) is 22.0 Å². The fourth-order valence-corrected chi connectivity index (χ4v) is 4.08. The smallest absolute Gasteiger partial charge is 0.231 e. The van der Waals surface area contributed by atoms with E-state index in [1.54, 1.807) is 0 Å². The lowest BCUT2D eigenvalue weighted by Gasteiger charge is -2.04. The number of nitrogens with one attached hydrogen (secondary N) is 1. The van der Waals surface area contributed by atoms with Gasteiger partial charge in [-0.1, -0.05) is 42.5 Å². The second kappa shape index (κ2) is 7.56. The third-order valence-corrected chi connectivity index (χ3v) is 5.63. The molecular weight excluding hydrogens is 384 g/mol. The summed E-state index contributed by atoms with van der Waals surface area (Å²) in [6.07, 6.45) is 1.01. The van der Waals surface area contributed by atoms with Gasteiger partial charge in [-0.05, 0) is 41.0 Å². The molecule has 0 atom stereocenters. The number of rotatable bonds is 5. The van der Waals surface area contributed by atoms with Gasteiger partial charge in [-0.2, -0.15) is 0 Å². The molecule has 6 heteroatoms. The number of anilines is 1. The van der Waals surface area contributed by atoms with Gasteiger partial charge in [0.25, 0.3) is 0 Å². The van der Waals surface area contributed by atoms with E-state index in [0.717, 1.165) is 28.3 Å². The molecule has 3 aromatic carbocycles. The zero-order chi connectivity index (χ0) is 19.6. The third kappa shape index (κ3) is 3.79. The van der Waals surface area contributed by atoms with Crippen molar-refractivity contribution < 1.29 is 14.3 Å². The van der Waals surface area contributed by atoms with E-state index in [0.29, 0.717) is 18.0 Å². The number of aryl methyl sites for hydroxylation is 1. The van der Waals surface area contributed by atoms with E-state index in [1.807, 2.05) is 35.7 Å². The maximum Gasteiger partial charge on any atom is 0.231 e. The van der Waals surface area contributed by atoms with Gasteiger partial charge in [0.15, 0.2) is 16.6 Å². The molecule has 2 heterocycles. The summed E-state index contributed by atoms with van der Waals surface area (Å²) in [4.78, 5) is 16.9. The van der Waals surface area contributed by atoms with Crippen LogP contribution in [-0.2, 0) is 11.2 Å². The first-order valence-electron chi connectivity index (χ1n) is 9.38. The Labute approximate surface area is 171 Å². The van der Waals surface area contributed by atoms with Crippen LogP contribution in [0.4, 0.5) is 5.13 Å². The summed E-state index contributed by atoms with van der Waals surface area (Å²) in [7, 11) is 0. The number of hydrogen-bond acceptors (Lipinski definition) is 5. The molecule has 5 nitrogen and oxygen atoms in total. The Bertz CT molecular complexity index is 1200. The minimum atomic E-state index is -0.0536. The van der Waals surface area contributed by atoms with Crippen molar-refractivity contribution in [1.29, 1.82) is 0 Å². The number of hydrogen-bond donors (Lipinski definition) is 1. The molecule has 1 aliphatic rings. The van der Waals surface area contributed by atoms with Crippen molar-refractivity contribution in [2.75, 3.05) is 12.1 Å². The molecule has 0 saturated heterocycles. The normalized spacial score (nSPS) is 12.3. The SMILES string of the molecule is O=C(CCc1ccc2c(c1)OCO2)Nc1nc(-c2ccc3ccccc3c2)cs1. The number of nitrogens with zero attached hydrogens (tertiary/aromatic N) is 1. The van der Waals surface area contributed by atoms with Crippen molar-refractivity contribution in [2.45, 2.75) is 12.8 Å². The van der Waals surface area contributed by atoms with Crippen LogP contribution < -0.4 is 14.8 Å². The van der Waals surface area contributed by atoms with E-state index in [4.69, 9.17) is 9.47 Å². The van der Waals surface area contributed by atoms with Gasteiger partial charge in [-0.3, -0.25) is 4.79 Å². The Morgan fingerprint density at radius 3 is 2.79 bits per heavy atom. The quantitative estimate of drug-likeness (QED) is 0.494. The second-order valence-electron chi connectivity index (χ2n) is 6.84. The van der Waals surface area contributed by atoms with Gasteiger partial charge < -0.3 is 14.8 Å². The van der Waals surface area contributed by atoms with Crippen LogP contribution in [0.1, 0.15) is 12.0 Å². The first-order chi connectivity index (χ1) is 14.2. The van der Waals surface area contributed by atoms with E-state index >= 15 is 0 Å². The molecule has 0 fully saturated rings. The molecule has 0 saturated carbocycles. The standard InChI is InChI=1S/C23H18N2O3S/c26-22(10-6-15-5-9-20-21(11-15)28-14-27-20)25-23-24-19(13-29-23)18-8-7-16-3-1-2-4-17(16)12-18/h1-5,7-9,11-13H,6,10,14H2,(H,24,25,26). The number of aromatic nitrogens is 1. The molecular formula is C23H18N2O3S. The van der Waals surface area contributed by atoms with E-state index in [2.05, 4.69) is 40.6 Å². The molecule has 1 N–H and O–H groups in total. The van der Waals surface area contributed by atoms with Gasteiger partial charge in [0.1, 0.15) is 0 Å². The van der Waals surface area contributed by atoms with Gasteiger partial charge in [0.05, 0.1) is 5.69 Å². The summed E-state index contributed by atoms with van der Waals surface area (Å²) in [5, 5.41) is 7.86. The summed E-state index contributed by atoms with van der Waals surface area (Å²) in [6.45, 7) is 0.253. The lowest BCUT2D eigenvalue weighted by Crippen LogP contribution is -2.12. The van der Waals surface area contributed by atoms with Crippen LogP contribution in [0.2, 0.25) is 0 Å². The first kappa shape index (κ1) is 17.7. The molecule has 1 aliphatic heterocycles. The molecule has 1 amide bonds. The molecule has 0 radical (unpaired) electrons. The third-order valence-electron chi connectivity index (χ3n) is 4.87. The average Bonchev–Trinajstić information content (AvgIpc) is 3.41. The molecule has 1 aromatic heterocycles. The van der Waals surface area contributed by atoms with Crippen molar-refractivity contribution in [3.8, 4) is 22.8 Å². The summed E-state index contributed by atoms with van der Waals surface area (Å²) < 4.78 is 10.7. The maximum atomic E-state index is 12.3. The second-order valence-corrected chi connectivity index (χ2v) is 7.69. The Kier molecular flexibility index (Phi) is 4.62. The average molecular weight is 402 g/mol. The van der Waals surface area contributed by atoms with E-state index in [-0.39, 0.29) is 12.7 Å². The summed E-state index contributed by atoms with van der Waals surface area (Å²) in [5.41, 5.74) is 2.95. The highest BCUT2D eigenvalue weighted by molar-refractivity contribution is 7.14. The number of carbonyl (C=O) groups is 1. The number of thiazole rings is 1. The highest BCUT2D eigenvalue weighted by Gasteiger charge is 2.14. The fraction of sp³-hybridized carbons (Fsp3) is 0.130. The van der Waals surface area contributed by atoms with E-state index < -0.39 is 0 Å². The van der Waals surface area contributed by atoms with Crippen molar-refractivity contribution in [1.82, 2.24) is 4.98 Å². The number of amides is 1. The predicted octanol–water partition coefficient (Wildman–Crippen LogP) is 5.26. The summed E-state index contributed by atoms with van der Waals surface area (Å²) in [5.74, 6) is 1.44. The number of benzene rings is 3. The monoisotopic (exact) mass is 402 g/mol. The number of carbonyl (C=O) groups excluding carboxylic acids is 1. The largest absolute Gasteiger partial charge is 0.454 e. The molecule has 29 heavy (non-hydrogen) atoms. The highest BCUT2D eigenvalue weighted by atomic mass is 32.1. The molecule has 0 spiro atoms. The Hall–Kier alpha value is -3.38. The van der Waals surface area contributed by atoms with Crippen LogP contribution in [0, 0.1) is 0 Å². The summed E-state index contributed by atoms with van der Waals surface area (Å²) in [6, 6.07) is 20.3. The molecule has 144 valence electrons. The van der Waals surface area contributed by atoms with Crippen LogP contribution in [0.15, 0.2) is 66.0 Å². The zero-order valence-corrected chi connectivity index (χ0v) is 16.4. The van der Waals surface area contributed by atoms with E-state index in [9.17, 15) is 4.79 Å². The topological polar surface area (TPSA) is 60.5 Å².